The number of urea groups is 1. The van der Waals surface area contributed by atoms with Crippen molar-refractivity contribution in [1.29, 1.82) is 0 Å². The minimum atomic E-state index is -0.246. The van der Waals surface area contributed by atoms with E-state index < -0.39 is 0 Å². The molecule has 0 aliphatic carbocycles. The zero-order valence-electron chi connectivity index (χ0n) is 20.3. The Morgan fingerprint density at radius 1 is 1.14 bits per heavy atom. The van der Waals surface area contributed by atoms with Crippen LogP contribution in [0.3, 0.4) is 0 Å². The molecule has 186 valence electrons. The van der Waals surface area contributed by atoms with Crippen LogP contribution in [0.5, 0.6) is 17.2 Å². The average Bonchev–Trinajstić information content (AvgIpc) is 3.53. The molecule has 4 rings (SSSR count). The number of hydrogen-bond donors (Lipinski definition) is 3. The standard InChI is InChI=1S/C24H30N6O5/c1-5-25-24(32)30-7-6-14(13-30)10-28-23(31)16-11-26-22-20(16)29-17(12-27-22)15-8-18(33-2)21(35-4)19(9-15)34-3/h8-9,11-12,14H,5-7,10,13H2,1-4H3,(H,25,32)(H,26,27)(H,28,31). The quantitative estimate of drug-likeness (QED) is 0.449. The predicted molar refractivity (Wildman–Crippen MR) is 130 cm³/mol. The summed E-state index contributed by atoms with van der Waals surface area (Å²) in [6.07, 6.45) is 4.07. The molecule has 35 heavy (non-hydrogen) atoms. The Labute approximate surface area is 203 Å². The van der Waals surface area contributed by atoms with Crippen LogP contribution >= 0.6 is 0 Å². The maximum Gasteiger partial charge on any atom is 0.317 e. The monoisotopic (exact) mass is 482 g/mol. The molecule has 0 saturated carbocycles. The Hall–Kier alpha value is -4.02. The topological polar surface area (TPSA) is 131 Å². The fourth-order valence-electron chi connectivity index (χ4n) is 4.21. The van der Waals surface area contributed by atoms with Gasteiger partial charge in [-0.2, -0.15) is 0 Å². The summed E-state index contributed by atoms with van der Waals surface area (Å²) in [5.41, 5.74) is 2.63. The number of hydrogen-bond acceptors (Lipinski definition) is 7. The summed E-state index contributed by atoms with van der Waals surface area (Å²) in [6, 6.07) is 3.50. The van der Waals surface area contributed by atoms with Crippen molar-refractivity contribution in [2.45, 2.75) is 13.3 Å². The van der Waals surface area contributed by atoms with Crippen molar-refractivity contribution >= 4 is 23.1 Å². The van der Waals surface area contributed by atoms with E-state index in [1.165, 1.54) is 0 Å². The van der Waals surface area contributed by atoms with Crippen LogP contribution in [0.25, 0.3) is 22.4 Å². The molecule has 3 amide bonds. The number of benzene rings is 1. The van der Waals surface area contributed by atoms with Crippen LogP contribution in [0.2, 0.25) is 0 Å². The van der Waals surface area contributed by atoms with Gasteiger partial charge in [-0.3, -0.25) is 4.79 Å². The molecule has 1 fully saturated rings. The summed E-state index contributed by atoms with van der Waals surface area (Å²) in [6.45, 7) is 4.26. The number of rotatable bonds is 8. The van der Waals surface area contributed by atoms with Gasteiger partial charge in [-0.25, -0.2) is 14.8 Å². The highest BCUT2D eigenvalue weighted by Gasteiger charge is 2.26. The van der Waals surface area contributed by atoms with Gasteiger partial charge in [0.15, 0.2) is 17.1 Å². The molecule has 11 heteroatoms. The summed E-state index contributed by atoms with van der Waals surface area (Å²) in [4.78, 5) is 38.9. The Balaban J connectivity index is 1.52. The van der Waals surface area contributed by atoms with Crippen molar-refractivity contribution in [3.8, 4) is 28.5 Å². The number of likely N-dealkylation sites (tertiary alicyclic amines) is 1. The van der Waals surface area contributed by atoms with Gasteiger partial charge in [0.05, 0.1) is 38.8 Å². The van der Waals surface area contributed by atoms with Gasteiger partial charge in [0.2, 0.25) is 5.75 Å². The molecule has 0 radical (unpaired) electrons. The molecule has 3 aromatic rings. The summed E-state index contributed by atoms with van der Waals surface area (Å²) >= 11 is 0. The maximum atomic E-state index is 13.0. The van der Waals surface area contributed by atoms with E-state index >= 15 is 0 Å². The predicted octanol–water partition coefficient (Wildman–Crippen LogP) is 2.43. The van der Waals surface area contributed by atoms with Crippen LogP contribution in [0.15, 0.2) is 24.5 Å². The molecule has 1 atom stereocenters. The Kier molecular flexibility index (Phi) is 7.23. The Bertz CT molecular complexity index is 1200. The largest absolute Gasteiger partial charge is 0.493 e. The Morgan fingerprint density at radius 3 is 2.54 bits per heavy atom. The van der Waals surface area contributed by atoms with Gasteiger partial charge >= 0.3 is 6.03 Å². The number of aromatic amines is 1. The van der Waals surface area contributed by atoms with Crippen LogP contribution in [0.1, 0.15) is 23.7 Å². The first-order valence-electron chi connectivity index (χ1n) is 11.4. The second kappa shape index (κ2) is 10.5. The van der Waals surface area contributed by atoms with E-state index in [0.29, 0.717) is 71.4 Å². The molecule has 1 aliphatic heterocycles. The first kappa shape index (κ1) is 24.1. The van der Waals surface area contributed by atoms with Gasteiger partial charge in [-0.15, -0.1) is 0 Å². The van der Waals surface area contributed by atoms with E-state index in [9.17, 15) is 9.59 Å². The van der Waals surface area contributed by atoms with Crippen molar-refractivity contribution in [3.05, 3.63) is 30.1 Å². The summed E-state index contributed by atoms with van der Waals surface area (Å²) in [5.74, 6) is 1.42. The normalized spacial score (nSPS) is 15.2. The number of amides is 3. The minimum absolute atomic E-state index is 0.0625. The fraction of sp³-hybridized carbons (Fsp3) is 0.417. The maximum absolute atomic E-state index is 13.0. The van der Waals surface area contributed by atoms with Crippen molar-refractivity contribution in [2.24, 2.45) is 5.92 Å². The smallest absolute Gasteiger partial charge is 0.317 e. The van der Waals surface area contributed by atoms with Crippen molar-refractivity contribution in [1.82, 2.24) is 30.5 Å². The van der Waals surface area contributed by atoms with E-state index in [0.717, 1.165) is 6.42 Å². The minimum Gasteiger partial charge on any atom is -0.493 e. The van der Waals surface area contributed by atoms with E-state index in [1.807, 2.05) is 6.92 Å². The van der Waals surface area contributed by atoms with Gasteiger partial charge in [0.1, 0.15) is 5.52 Å². The van der Waals surface area contributed by atoms with Crippen LogP contribution in [-0.4, -0.2) is 79.3 Å². The van der Waals surface area contributed by atoms with E-state index in [4.69, 9.17) is 19.2 Å². The Morgan fingerprint density at radius 2 is 1.89 bits per heavy atom. The summed E-state index contributed by atoms with van der Waals surface area (Å²) < 4.78 is 16.3. The zero-order chi connectivity index (χ0) is 24.9. The molecule has 1 aliphatic rings. The molecule has 0 spiro atoms. The number of H-pyrrole nitrogens is 1. The third-order valence-corrected chi connectivity index (χ3v) is 6.04. The molecular formula is C24H30N6O5. The lowest BCUT2D eigenvalue weighted by molar-refractivity contribution is 0.0949. The van der Waals surface area contributed by atoms with E-state index in [-0.39, 0.29) is 17.9 Å². The highest BCUT2D eigenvalue weighted by Crippen LogP contribution is 2.40. The lowest BCUT2D eigenvalue weighted by atomic mass is 10.1. The fourth-order valence-corrected chi connectivity index (χ4v) is 4.21. The third-order valence-electron chi connectivity index (χ3n) is 6.04. The van der Waals surface area contributed by atoms with Gasteiger partial charge in [0, 0.05) is 37.9 Å². The lowest BCUT2D eigenvalue weighted by Crippen LogP contribution is -2.39. The molecule has 1 aromatic carbocycles. The molecule has 3 N–H and O–H groups in total. The average molecular weight is 483 g/mol. The molecule has 1 unspecified atom stereocenters. The second-order valence-electron chi connectivity index (χ2n) is 8.22. The lowest BCUT2D eigenvalue weighted by Gasteiger charge is -2.16. The summed E-state index contributed by atoms with van der Waals surface area (Å²) in [5, 5.41) is 5.79. The second-order valence-corrected chi connectivity index (χ2v) is 8.22. The molecule has 0 bridgehead atoms. The first-order chi connectivity index (χ1) is 17.0. The van der Waals surface area contributed by atoms with Crippen molar-refractivity contribution in [2.75, 3.05) is 47.5 Å². The van der Waals surface area contributed by atoms with Crippen LogP contribution < -0.4 is 24.8 Å². The van der Waals surface area contributed by atoms with E-state index in [2.05, 4.69) is 20.6 Å². The number of ether oxygens (including phenoxy) is 3. The highest BCUT2D eigenvalue weighted by atomic mass is 16.5. The van der Waals surface area contributed by atoms with Gasteiger partial charge < -0.3 is 34.7 Å². The molecule has 11 nitrogen and oxygen atoms in total. The van der Waals surface area contributed by atoms with Gasteiger partial charge in [-0.05, 0) is 31.4 Å². The van der Waals surface area contributed by atoms with E-state index in [1.54, 1.807) is 50.8 Å². The molecular weight excluding hydrogens is 452 g/mol. The number of nitrogens with zero attached hydrogens (tertiary/aromatic N) is 3. The van der Waals surface area contributed by atoms with Crippen LogP contribution in [-0.2, 0) is 0 Å². The molecule has 2 aromatic heterocycles. The molecule has 1 saturated heterocycles. The highest BCUT2D eigenvalue weighted by molar-refractivity contribution is 6.04. The van der Waals surface area contributed by atoms with Crippen molar-refractivity contribution < 1.29 is 23.8 Å². The number of carbonyl (C=O) groups is 2. The number of aromatic nitrogens is 3. The van der Waals surface area contributed by atoms with Crippen molar-refractivity contribution in [3.63, 3.8) is 0 Å². The first-order valence-corrected chi connectivity index (χ1v) is 11.4. The summed E-state index contributed by atoms with van der Waals surface area (Å²) in [7, 11) is 4.63. The number of carbonyl (C=O) groups excluding carboxylic acids is 2. The van der Waals surface area contributed by atoms with Crippen LogP contribution in [0.4, 0.5) is 4.79 Å². The number of nitrogens with one attached hydrogen (secondary N) is 3. The SMILES string of the molecule is CCNC(=O)N1CCC(CNC(=O)c2c[nH]c3ncc(-c4cc(OC)c(OC)c(OC)c4)nc23)C1. The zero-order valence-corrected chi connectivity index (χ0v) is 20.3. The third kappa shape index (κ3) is 4.93. The van der Waals surface area contributed by atoms with Gasteiger partial charge in [0.25, 0.3) is 5.91 Å². The van der Waals surface area contributed by atoms with Crippen LogP contribution in [0, 0.1) is 5.92 Å². The number of fused-ring (bicyclic) bond motifs is 1. The molecule has 3 heterocycles. The number of methoxy groups -OCH3 is 3. The van der Waals surface area contributed by atoms with Gasteiger partial charge in [-0.1, -0.05) is 0 Å².